The minimum atomic E-state index is 0.0645. The summed E-state index contributed by atoms with van der Waals surface area (Å²) in [6.07, 6.45) is 0.883. The maximum Gasteiger partial charge on any atom is 0.254 e. The Balaban J connectivity index is 2.06. The number of aromatic nitrogens is 1. The van der Waals surface area contributed by atoms with E-state index < -0.39 is 0 Å². The second-order valence-corrected chi connectivity index (χ2v) is 5.13. The van der Waals surface area contributed by atoms with Crippen LogP contribution in [0.2, 0.25) is 0 Å². The first kappa shape index (κ1) is 12.1. The summed E-state index contributed by atoms with van der Waals surface area (Å²) < 4.78 is 0. The topological polar surface area (TPSA) is 59.2 Å². The molecule has 2 N–H and O–H groups in total. The number of para-hydroxylation sites is 1. The molecule has 0 aliphatic carbocycles. The van der Waals surface area contributed by atoms with Crippen LogP contribution in [-0.2, 0) is 0 Å². The number of pyridine rings is 1. The molecular weight excluding hydrogens is 238 g/mol. The van der Waals surface area contributed by atoms with Gasteiger partial charge in [-0.15, -0.1) is 0 Å². The molecule has 0 bridgehead atoms. The van der Waals surface area contributed by atoms with Crippen LogP contribution in [0.4, 0.5) is 0 Å². The molecule has 0 unspecified atom stereocenters. The first-order chi connectivity index (χ1) is 9.15. The molecule has 1 atom stereocenters. The van der Waals surface area contributed by atoms with E-state index in [1.807, 2.05) is 42.2 Å². The molecule has 1 fully saturated rings. The number of carbonyl (C=O) groups excluding carboxylic acids is 1. The number of benzene rings is 1. The molecule has 1 aromatic carbocycles. The van der Waals surface area contributed by atoms with E-state index in [1.54, 1.807) is 0 Å². The molecule has 98 valence electrons. The van der Waals surface area contributed by atoms with Crippen molar-refractivity contribution in [3.63, 3.8) is 0 Å². The fraction of sp³-hybridized carbons (Fsp3) is 0.333. The van der Waals surface area contributed by atoms with E-state index in [0.29, 0.717) is 6.54 Å². The lowest BCUT2D eigenvalue weighted by Crippen LogP contribution is -2.32. The Hall–Kier alpha value is -1.94. The van der Waals surface area contributed by atoms with Crippen LogP contribution in [0, 0.1) is 6.92 Å². The van der Waals surface area contributed by atoms with E-state index in [-0.39, 0.29) is 11.9 Å². The average molecular weight is 255 g/mol. The number of amides is 1. The number of fused-ring (bicyclic) bond motifs is 1. The number of carbonyl (C=O) groups is 1. The second kappa shape index (κ2) is 4.63. The van der Waals surface area contributed by atoms with Gasteiger partial charge in [-0.1, -0.05) is 18.2 Å². The molecule has 1 saturated heterocycles. The van der Waals surface area contributed by atoms with E-state index >= 15 is 0 Å². The lowest BCUT2D eigenvalue weighted by atomic mass is 10.1. The van der Waals surface area contributed by atoms with Crippen molar-refractivity contribution in [2.75, 3.05) is 13.1 Å². The van der Waals surface area contributed by atoms with Crippen LogP contribution in [0.1, 0.15) is 22.5 Å². The zero-order valence-corrected chi connectivity index (χ0v) is 11.0. The zero-order chi connectivity index (χ0) is 13.4. The van der Waals surface area contributed by atoms with Crippen molar-refractivity contribution in [3.05, 3.63) is 41.6 Å². The van der Waals surface area contributed by atoms with Crippen LogP contribution in [0.15, 0.2) is 30.3 Å². The number of hydrogen-bond donors (Lipinski definition) is 1. The van der Waals surface area contributed by atoms with Gasteiger partial charge in [0.15, 0.2) is 0 Å². The highest BCUT2D eigenvalue weighted by molar-refractivity contribution is 6.06. The molecule has 1 aromatic heterocycles. The summed E-state index contributed by atoms with van der Waals surface area (Å²) in [7, 11) is 0. The summed E-state index contributed by atoms with van der Waals surface area (Å²) in [6, 6.07) is 9.74. The molecule has 2 aromatic rings. The Bertz CT molecular complexity index is 638. The smallest absolute Gasteiger partial charge is 0.254 e. The van der Waals surface area contributed by atoms with Gasteiger partial charge in [0.25, 0.3) is 5.91 Å². The third kappa shape index (κ3) is 2.19. The van der Waals surface area contributed by atoms with Gasteiger partial charge in [-0.3, -0.25) is 9.78 Å². The summed E-state index contributed by atoms with van der Waals surface area (Å²) in [4.78, 5) is 18.9. The van der Waals surface area contributed by atoms with Crippen LogP contribution in [0.3, 0.4) is 0 Å². The Morgan fingerprint density at radius 1 is 1.42 bits per heavy atom. The van der Waals surface area contributed by atoms with Crippen LogP contribution in [0.5, 0.6) is 0 Å². The van der Waals surface area contributed by atoms with Gasteiger partial charge in [-0.25, -0.2) is 0 Å². The van der Waals surface area contributed by atoms with Gasteiger partial charge in [0, 0.05) is 30.2 Å². The molecule has 1 amide bonds. The highest BCUT2D eigenvalue weighted by Crippen LogP contribution is 2.21. The number of likely N-dealkylation sites (tertiary alicyclic amines) is 1. The molecule has 3 rings (SSSR count). The quantitative estimate of drug-likeness (QED) is 0.844. The summed E-state index contributed by atoms with van der Waals surface area (Å²) in [5.74, 6) is 0.0645. The summed E-state index contributed by atoms with van der Waals surface area (Å²) in [5, 5.41) is 0.915. The van der Waals surface area contributed by atoms with E-state index in [2.05, 4.69) is 4.98 Å². The van der Waals surface area contributed by atoms with E-state index in [9.17, 15) is 4.79 Å². The van der Waals surface area contributed by atoms with E-state index in [1.165, 1.54) is 0 Å². The number of hydrogen-bond acceptors (Lipinski definition) is 3. The lowest BCUT2D eigenvalue weighted by Gasteiger charge is -2.17. The van der Waals surface area contributed by atoms with E-state index in [0.717, 1.165) is 35.1 Å². The Morgan fingerprint density at radius 3 is 2.95 bits per heavy atom. The van der Waals surface area contributed by atoms with Crippen molar-refractivity contribution >= 4 is 16.8 Å². The average Bonchev–Trinajstić information content (AvgIpc) is 2.83. The van der Waals surface area contributed by atoms with Gasteiger partial charge >= 0.3 is 0 Å². The van der Waals surface area contributed by atoms with Crippen molar-refractivity contribution in [2.45, 2.75) is 19.4 Å². The predicted molar refractivity (Wildman–Crippen MR) is 75.0 cm³/mol. The van der Waals surface area contributed by atoms with Gasteiger partial charge in [0.1, 0.15) is 0 Å². The van der Waals surface area contributed by atoms with Crippen LogP contribution < -0.4 is 5.73 Å². The van der Waals surface area contributed by atoms with Gasteiger partial charge < -0.3 is 10.6 Å². The fourth-order valence-corrected chi connectivity index (χ4v) is 2.63. The van der Waals surface area contributed by atoms with Gasteiger partial charge in [0.2, 0.25) is 0 Å². The van der Waals surface area contributed by atoms with Crippen molar-refractivity contribution < 1.29 is 4.79 Å². The van der Waals surface area contributed by atoms with Crippen molar-refractivity contribution in [3.8, 4) is 0 Å². The normalized spacial score (nSPS) is 19.1. The standard InChI is InChI=1S/C15H17N3O/c1-10-8-13(12-4-2-3-5-14(12)17-10)15(19)18-7-6-11(16)9-18/h2-5,8,11H,6-7,9,16H2,1H3/t11-/m0/s1. The van der Waals surface area contributed by atoms with E-state index in [4.69, 9.17) is 5.73 Å². The number of rotatable bonds is 1. The Morgan fingerprint density at radius 2 is 2.21 bits per heavy atom. The van der Waals surface area contributed by atoms with Crippen molar-refractivity contribution in [1.82, 2.24) is 9.88 Å². The highest BCUT2D eigenvalue weighted by atomic mass is 16.2. The monoisotopic (exact) mass is 255 g/mol. The molecule has 1 aliphatic heterocycles. The molecule has 0 saturated carbocycles. The molecule has 0 spiro atoms. The second-order valence-electron chi connectivity index (χ2n) is 5.13. The number of aryl methyl sites for hydroxylation is 1. The SMILES string of the molecule is Cc1cc(C(=O)N2CC[C@H](N)C2)c2ccccc2n1. The lowest BCUT2D eigenvalue weighted by molar-refractivity contribution is 0.0792. The molecule has 4 heteroatoms. The van der Waals surface area contributed by atoms with Crippen LogP contribution >= 0.6 is 0 Å². The number of nitrogens with zero attached hydrogens (tertiary/aromatic N) is 2. The van der Waals surface area contributed by atoms with Crippen LogP contribution in [-0.4, -0.2) is 34.9 Å². The Kier molecular flexibility index (Phi) is 2.95. The minimum absolute atomic E-state index is 0.0645. The first-order valence-electron chi connectivity index (χ1n) is 6.56. The van der Waals surface area contributed by atoms with Crippen molar-refractivity contribution in [2.24, 2.45) is 5.73 Å². The highest BCUT2D eigenvalue weighted by Gasteiger charge is 2.25. The third-order valence-corrected chi connectivity index (χ3v) is 3.59. The van der Waals surface area contributed by atoms with Crippen LogP contribution in [0.25, 0.3) is 10.9 Å². The molecule has 0 radical (unpaired) electrons. The fourth-order valence-electron chi connectivity index (χ4n) is 2.63. The number of nitrogens with two attached hydrogens (primary N) is 1. The molecule has 4 nitrogen and oxygen atoms in total. The maximum atomic E-state index is 12.6. The van der Waals surface area contributed by atoms with Gasteiger partial charge in [-0.2, -0.15) is 0 Å². The van der Waals surface area contributed by atoms with Gasteiger partial charge in [0.05, 0.1) is 11.1 Å². The first-order valence-corrected chi connectivity index (χ1v) is 6.56. The summed E-state index contributed by atoms with van der Waals surface area (Å²) in [5.41, 5.74) is 8.35. The summed E-state index contributed by atoms with van der Waals surface area (Å²) >= 11 is 0. The molecular formula is C15H17N3O. The summed E-state index contributed by atoms with van der Waals surface area (Å²) in [6.45, 7) is 3.31. The van der Waals surface area contributed by atoms with Gasteiger partial charge in [-0.05, 0) is 25.5 Å². The largest absolute Gasteiger partial charge is 0.337 e. The third-order valence-electron chi connectivity index (χ3n) is 3.59. The minimum Gasteiger partial charge on any atom is -0.337 e. The molecule has 1 aliphatic rings. The zero-order valence-electron chi connectivity index (χ0n) is 11.0. The Labute approximate surface area is 112 Å². The predicted octanol–water partition coefficient (Wildman–Crippen LogP) is 1.72. The van der Waals surface area contributed by atoms with Crippen molar-refractivity contribution in [1.29, 1.82) is 0 Å². The molecule has 19 heavy (non-hydrogen) atoms. The maximum absolute atomic E-state index is 12.6. The molecule has 2 heterocycles.